The molecule has 0 fully saturated rings. The molecule has 1 aliphatic heterocycles. The van der Waals surface area contributed by atoms with E-state index in [-0.39, 0.29) is 6.79 Å². The zero-order chi connectivity index (χ0) is 19.5. The van der Waals surface area contributed by atoms with Gasteiger partial charge in [-0.15, -0.1) is 0 Å². The molecule has 0 saturated carbocycles. The zero-order valence-corrected chi connectivity index (χ0v) is 15.5. The van der Waals surface area contributed by atoms with E-state index in [1.54, 1.807) is 12.4 Å². The van der Waals surface area contributed by atoms with E-state index in [1.807, 2.05) is 54.6 Å². The lowest BCUT2D eigenvalue weighted by atomic mass is 10.2. The predicted molar refractivity (Wildman–Crippen MR) is 109 cm³/mol. The summed E-state index contributed by atoms with van der Waals surface area (Å²) in [5, 5.41) is 4.33. The molecule has 2 aromatic heterocycles. The summed E-state index contributed by atoms with van der Waals surface area (Å²) in [4.78, 5) is 13.5. The van der Waals surface area contributed by atoms with E-state index in [4.69, 9.17) is 19.2 Å². The fraction of sp³-hybridized carbons (Fsp3) is 0.136. The van der Waals surface area contributed by atoms with Crippen LogP contribution in [0.2, 0.25) is 0 Å². The van der Waals surface area contributed by atoms with E-state index in [1.165, 1.54) is 0 Å². The maximum absolute atomic E-state index is 5.83. The van der Waals surface area contributed by atoms with Gasteiger partial charge in [-0.2, -0.15) is 0 Å². The predicted octanol–water partition coefficient (Wildman–Crippen LogP) is 3.91. The normalized spacial score (nSPS) is 12.1. The molecule has 0 spiro atoms. The minimum absolute atomic E-state index is 0.250. The van der Waals surface area contributed by atoms with Crippen molar-refractivity contribution in [3.05, 3.63) is 67.0 Å². The molecule has 3 heterocycles. The fourth-order valence-electron chi connectivity index (χ4n) is 3.14. The molecule has 7 nitrogen and oxygen atoms in total. The lowest BCUT2D eigenvalue weighted by molar-refractivity contribution is 0.174. The van der Waals surface area contributed by atoms with Crippen LogP contribution in [0.5, 0.6) is 17.2 Å². The first kappa shape index (κ1) is 17.2. The van der Waals surface area contributed by atoms with Crippen LogP contribution in [-0.4, -0.2) is 34.9 Å². The largest absolute Gasteiger partial charge is 0.492 e. The van der Waals surface area contributed by atoms with E-state index < -0.39 is 0 Å². The van der Waals surface area contributed by atoms with E-state index in [0.29, 0.717) is 24.7 Å². The average molecular weight is 386 g/mol. The number of hydrogen-bond acceptors (Lipinski definition) is 7. The van der Waals surface area contributed by atoms with Crippen LogP contribution in [0, 0.1) is 0 Å². The SMILES string of the molecule is c1cncc(-c2nc(NCCOc3ccc4c(c3)OCO4)c3ccccc3n2)c1. The molecule has 4 aromatic rings. The monoisotopic (exact) mass is 386 g/mol. The van der Waals surface area contributed by atoms with Gasteiger partial charge in [0.25, 0.3) is 0 Å². The van der Waals surface area contributed by atoms with Gasteiger partial charge in [0.15, 0.2) is 17.3 Å². The van der Waals surface area contributed by atoms with Crippen LogP contribution in [0.3, 0.4) is 0 Å². The third-order valence-corrected chi connectivity index (χ3v) is 4.53. The molecule has 0 atom stereocenters. The van der Waals surface area contributed by atoms with Crippen LogP contribution in [-0.2, 0) is 0 Å². The average Bonchev–Trinajstić information content (AvgIpc) is 3.25. The molecule has 1 N–H and O–H groups in total. The quantitative estimate of drug-likeness (QED) is 0.503. The van der Waals surface area contributed by atoms with Crippen molar-refractivity contribution in [3.8, 4) is 28.6 Å². The van der Waals surface area contributed by atoms with Gasteiger partial charge in [-0.1, -0.05) is 12.1 Å². The minimum Gasteiger partial charge on any atom is -0.492 e. The Bertz CT molecular complexity index is 1150. The van der Waals surface area contributed by atoms with Crippen LogP contribution in [0.15, 0.2) is 67.0 Å². The number of fused-ring (bicyclic) bond motifs is 2. The standard InChI is InChI=1S/C22H18N4O3/c1-2-6-18-17(5-1)22(26-21(25-18)15-4-3-9-23-13-15)24-10-11-27-16-7-8-19-20(12-16)29-14-28-19/h1-9,12-13H,10-11,14H2,(H,24,25,26). The van der Waals surface area contributed by atoms with Crippen LogP contribution in [0.4, 0.5) is 5.82 Å². The lowest BCUT2D eigenvalue weighted by Gasteiger charge is -2.12. The van der Waals surface area contributed by atoms with E-state index in [0.717, 1.165) is 33.8 Å². The summed E-state index contributed by atoms with van der Waals surface area (Å²) >= 11 is 0. The summed E-state index contributed by atoms with van der Waals surface area (Å²) in [6, 6.07) is 17.3. The van der Waals surface area contributed by atoms with Gasteiger partial charge in [0.05, 0.1) is 12.1 Å². The highest BCUT2D eigenvalue weighted by atomic mass is 16.7. The Balaban J connectivity index is 1.32. The van der Waals surface area contributed by atoms with Gasteiger partial charge >= 0.3 is 0 Å². The smallest absolute Gasteiger partial charge is 0.231 e. The molecule has 29 heavy (non-hydrogen) atoms. The minimum atomic E-state index is 0.250. The molecule has 2 aromatic carbocycles. The van der Waals surface area contributed by atoms with Gasteiger partial charge < -0.3 is 19.5 Å². The van der Waals surface area contributed by atoms with Crippen molar-refractivity contribution >= 4 is 16.7 Å². The van der Waals surface area contributed by atoms with Crippen LogP contribution in [0.25, 0.3) is 22.3 Å². The Kier molecular flexibility index (Phi) is 4.54. The van der Waals surface area contributed by atoms with Crippen LogP contribution in [0.1, 0.15) is 0 Å². The van der Waals surface area contributed by atoms with Crippen LogP contribution >= 0.6 is 0 Å². The molecular weight excluding hydrogens is 368 g/mol. The maximum Gasteiger partial charge on any atom is 0.231 e. The molecule has 0 saturated heterocycles. The summed E-state index contributed by atoms with van der Waals surface area (Å²) < 4.78 is 16.5. The second kappa shape index (κ2) is 7.63. The molecule has 0 aliphatic carbocycles. The first-order valence-electron chi connectivity index (χ1n) is 9.30. The number of aromatic nitrogens is 3. The summed E-state index contributed by atoms with van der Waals surface area (Å²) in [5.41, 5.74) is 1.75. The number of anilines is 1. The molecule has 0 bridgehead atoms. The van der Waals surface area contributed by atoms with E-state index in [9.17, 15) is 0 Å². The van der Waals surface area contributed by atoms with Gasteiger partial charge in [0, 0.05) is 29.4 Å². The molecule has 144 valence electrons. The first-order valence-corrected chi connectivity index (χ1v) is 9.30. The second-order valence-corrected chi connectivity index (χ2v) is 6.44. The number of ether oxygens (including phenoxy) is 3. The fourth-order valence-corrected chi connectivity index (χ4v) is 3.14. The number of nitrogens with one attached hydrogen (secondary N) is 1. The topological polar surface area (TPSA) is 78.4 Å². The van der Waals surface area contributed by atoms with Crippen molar-refractivity contribution < 1.29 is 14.2 Å². The molecular formula is C22H18N4O3. The molecule has 5 rings (SSSR count). The van der Waals surface area contributed by atoms with E-state index >= 15 is 0 Å². The van der Waals surface area contributed by atoms with Crippen molar-refractivity contribution in [2.24, 2.45) is 0 Å². The number of benzene rings is 2. The van der Waals surface area contributed by atoms with Gasteiger partial charge in [0.1, 0.15) is 18.2 Å². The van der Waals surface area contributed by atoms with Gasteiger partial charge in [-0.3, -0.25) is 4.98 Å². The third-order valence-electron chi connectivity index (χ3n) is 4.53. The summed E-state index contributed by atoms with van der Waals surface area (Å²) in [7, 11) is 0. The molecule has 0 radical (unpaired) electrons. The van der Waals surface area contributed by atoms with Crippen molar-refractivity contribution in [1.82, 2.24) is 15.0 Å². The highest BCUT2D eigenvalue weighted by molar-refractivity contribution is 5.90. The summed E-state index contributed by atoms with van der Waals surface area (Å²) in [6.07, 6.45) is 3.49. The Hall–Kier alpha value is -3.87. The first-order chi connectivity index (χ1) is 14.4. The lowest BCUT2D eigenvalue weighted by Crippen LogP contribution is -2.13. The Morgan fingerprint density at radius 3 is 2.83 bits per heavy atom. The Morgan fingerprint density at radius 1 is 0.966 bits per heavy atom. The second-order valence-electron chi connectivity index (χ2n) is 6.44. The summed E-state index contributed by atoms with van der Waals surface area (Å²) in [5.74, 6) is 3.59. The van der Waals surface area contributed by atoms with Gasteiger partial charge in [-0.25, -0.2) is 9.97 Å². The number of nitrogens with zero attached hydrogens (tertiary/aromatic N) is 3. The number of rotatable bonds is 6. The molecule has 0 unspecified atom stereocenters. The summed E-state index contributed by atoms with van der Waals surface area (Å²) in [6.45, 7) is 1.31. The van der Waals surface area contributed by atoms with Crippen molar-refractivity contribution in [1.29, 1.82) is 0 Å². The Labute approximate surface area is 167 Å². The highest BCUT2D eigenvalue weighted by Gasteiger charge is 2.14. The van der Waals surface area contributed by atoms with Crippen LogP contribution < -0.4 is 19.5 Å². The Morgan fingerprint density at radius 2 is 1.90 bits per heavy atom. The third kappa shape index (κ3) is 3.62. The molecule has 0 amide bonds. The van der Waals surface area contributed by atoms with Crippen molar-refractivity contribution in [2.45, 2.75) is 0 Å². The van der Waals surface area contributed by atoms with Gasteiger partial charge in [0.2, 0.25) is 6.79 Å². The van der Waals surface area contributed by atoms with Crippen molar-refractivity contribution in [3.63, 3.8) is 0 Å². The number of hydrogen-bond donors (Lipinski definition) is 1. The molecule has 7 heteroatoms. The number of pyridine rings is 1. The zero-order valence-electron chi connectivity index (χ0n) is 15.5. The van der Waals surface area contributed by atoms with Gasteiger partial charge in [-0.05, 0) is 36.4 Å². The maximum atomic E-state index is 5.83. The van der Waals surface area contributed by atoms with Crippen molar-refractivity contribution in [2.75, 3.05) is 25.3 Å². The van der Waals surface area contributed by atoms with E-state index in [2.05, 4.69) is 15.3 Å². The highest BCUT2D eigenvalue weighted by Crippen LogP contribution is 2.35. The molecule has 1 aliphatic rings. The number of para-hydroxylation sites is 1.